The number of carbonyl (C=O) groups is 1. The molecule has 0 radical (unpaired) electrons. The molecule has 1 aliphatic carbocycles. The van der Waals surface area contributed by atoms with Crippen LogP contribution < -0.4 is 15.4 Å². The van der Waals surface area contributed by atoms with Crippen LogP contribution in [0.4, 0.5) is 4.79 Å². The first kappa shape index (κ1) is 19.0. The van der Waals surface area contributed by atoms with E-state index < -0.39 is 0 Å². The van der Waals surface area contributed by atoms with Gasteiger partial charge in [0.25, 0.3) is 0 Å². The van der Waals surface area contributed by atoms with Crippen molar-refractivity contribution in [1.82, 2.24) is 15.6 Å². The van der Waals surface area contributed by atoms with Crippen molar-refractivity contribution in [3.8, 4) is 5.75 Å². The SMILES string of the molecule is CCC1=C(c2nc(C3CCCCC3)cs2)C(c2ccc(OC)cc2)NC(=O)N1. The van der Waals surface area contributed by atoms with Gasteiger partial charge in [-0.2, -0.15) is 0 Å². The molecular weight excluding hydrogens is 370 g/mol. The zero-order chi connectivity index (χ0) is 19.5. The highest BCUT2D eigenvalue weighted by Crippen LogP contribution is 2.40. The summed E-state index contributed by atoms with van der Waals surface area (Å²) in [7, 11) is 1.66. The molecule has 1 aliphatic heterocycles. The van der Waals surface area contributed by atoms with E-state index in [0.29, 0.717) is 5.92 Å². The number of carbonyl (C=O) groups excluding carboxylic acids is 1. The molecule has 1 aromatic heterocycles. The van der Waals surface area contributed by atoms with Gasteiger partial charge < -0.3 is 15.4 Å². The van der Waals surface area contributed by atoms with Gasteiger partial charge in [0.2, 0.25) is 0 Å². The van der Waals surface area contributed by atoms with E-state index >= 15 is 0 Å². The zero-order valence-electron chi connectivity index (χ0n) is 16.5. The third kappa shape index (κ3) is 3.78. The molecule has 2 aromatic rings. The molecule has 1 aromatic carbocycles. The second-order valence-corrected chi connectivity index (χ2v) is 8.32. The molecule has 2 aliphatic rings. The van der Waals surface area contributed by atoms with Crippen LogP contribution in [0.5, 0.6) is 5.75 Å². The summed E-state index contributed by atoms with van der Waals surface area (Å²) >= 11 is 1.69. The van der Waals surface area contributed by atoms with Crippen molar-refractivity contribution in [3.63, 3.8) is 0 Å². The fraction of sp³-hybridized carbons (Fsp3) is 0.455. The van der Waals surface area contributed by atoms with Crippen molar-refractivity contribution in [2.24, 2.45) is 0 Å². The Morgan fingerprint density at radius 1 is 1.18 bits per heavy atom. The summed E-state index contributed by atoms with van der Waals surface area (Å²) in [5.41, 5.74) is 4.28. The van der Waals surface area contributed by atoms with E-state index in [4.69, 9.17) is 9.72 Å². The molecule has 1 atom stereocenters. The van der Waals surface area contributed by atoms with Gasteiger partial charge in [-0.25, -0.2) is 9.78 Å². The Bertz CT molecular complexity index is 866. The zero-order valence-corrected chi connectivity index (χ0v) is 17.3. The smallest absolute Gasteiger partial charge is 0.319 e. The Balaban J connectivity index is 1.71. The van der Waals surface area contributed by atoms with Crippen molar-refractivity contribution in [2.75, 3.05) is 7.11 Å². The number of nitrogens with zero attached hydrogens (tertiary/aromatic N) is 1. The predicted molar refractivity (Wildman–Crippen MR) is 113 cm³/mol. The first-order valence-corrected chi connectivity index (χ1v) is 11.0. The number of rotatable bonds is 5. The molecule has 2 amide bonds. The third-order valence-electron chi connectivity index (χ3n) is 5.73. The predicted octanol–water partition coefficient (Wildman–Crippen LogP) is 5.37. The van der Waals surface area contributed by atoms with Gasteiger partial charge in [-0.1, -0.05) is 38.3 Å². The molecule has 2 N–H and O–H groups in total. The Hall–Kier alpha value is -2.34. The van der Waals surface area contributed by atoms with Gasteiger partial charge in [-0.3, -0.25) is 0 Å². The molecule has 148 valence electrons. The number of hydrogen-bond donors (Lipinski definition) is 2. The topological polar surface area (TPSA) is 63.2 Å². The average Bonchev–Trinajstić information content (AvgIpc) is 3.23. The fourth-order valence-corrected chi connectivity index (χ4v) is 5.20. The number of methoxy groups -OCH3 is 1. The summed E-state index contributed by atoms with van der Waals surface area (Å²) in [6.07, 6.45) is 7.17. The number of aromatic nitrogens is 1. The Labute approximate surface area is 170 Å². The highest BCUT2D eigenvalue weighted by Gasteiger charge is 2.31. The number of benzene rings is 1. The number of ether oxygens (including phenoxy) is 1. The van der Waals surface area contributed by atoms with Gasteiger partial charge in [0.05, 0.1) is 18.8 Å². The van der Waals surface area contributed by atoms with Crippen molar-refractivity contribution in [1.29, 1.82) is 0 Å². The normalized spacial score (nSPS) is 20.6. The van der Waals surface area contributed by atoms with Crippen LogP contribution >= 0.6 is 11.3 Å². The molecule has 1 unspecified atom stereocenters. The number of thiazole rings is 1. The number of amides is 2. The number of allylic oxidation sites excluding steroid dienone is 1. The van der Waals surface area contributed by atoms with E-state index in [1.54, 1.807) is 18.4 Å². The maximum Gasteiger partial charge on any atom is 0.319 e. The van der Waals surface area contributed by atoms with E-state index in [1.165, 1.54) is 37.8 Å². The lowest BCUT2D eigenvalue weighted by atomic mass is 9.87. The maximum absolute atomic E-state index is 12.3. The highest BCUT2D eigenvalue weighted by atomic mass is 32.1. The molecule has 4 rings (SSSR count). The Morgan fingerprint density at radius 3 is 2.61 bits per heavy atom. The number of nitrogens with one attached hydrogen (secondary N) is 2. The number of hydrogen-bond acceptors (Lipinski definition) is 4. The quantitative estimate of drug-likeness (QED) is 0.712. The van der Waals surface area contributed by atoms with Crippen LogP contribution in [0.3, 0.4) is 0 Å². The molecule has 1 saturated carbocycles. The van der Waals surface area contributed by atoms with Gasteiger partial charge >= 0.3 is 6.03 Å². The summed E-state index contributed by atoms with van der Waals surface area (Å²) in [6, 6.07) is 7.52. The molecule has 0 bridgehead atoms. The third-order valence-corrected chi connectivity index (χ3v) is 6.63. The molecule has 5 nitrogen and oxygen atoms in total. The van der Waals surface area contributed by atoms with Gasteiger partial charge in [-0.05, 0) is 37.0 Å². The van der Waals surface area contributed by atoms with Crippen molar-refractivity contribution in [2.45, 2.75) is 57.4 Å². The standard InChI is InChI=1S/C22H27N3O2S/c1-3-17-19(21-23-18(13-28-21)14-7-5-4-6-8-14)20(25-22(26)24-17)15-9-11-16(27-2)12-10-15/h9-14,20H,3-8H2,1-2H3,(H2,24,25,26). The van der Waals surface area contributed by atoms with Crippen molar-refractivity contribution in [3.05, 3.63) is 51.6 Å². The van der Waals surface area contributed by atoms with Crippen LogP contribution in [0, 0.1) is 0 Å². The minimum atomic E-state index is -0.208. The van der Waals surface area contributed by atoms with E-state index in [9.17, 15) is 4.79 Å². The average molecular weight is 398 g/mol. The summed E-state index contributed by atoms with van der Waals surface area (Å²) < 4.78 is 5.28. The Morgan fingerprint density at radius 2 is 1.93 bits per heavy atom. The minimum absolute atomic E-state index is 0.162. The van der Waals surface area contributed by atoms with Gasteiger partial charge in [-0.15, -0.1) is 11.3 Å². The largest absolute Gasteiger partial charge is 0.497 e. The molecule has 28 heavy (non-hydrogen) atoms. The second-order valence-electron chi connectivity index (χ2n) is 7.46. The van der Waals surface area contributed by atoms with Crippen molar-refractivity contribution < 1.29 is 9.53 Å². The van der Waals surface area contributed by atoms with E-state index in [1.807, 2.05) is 24.3 Å². The monoisotopic (exact) mass is 397 g/mol. The first-order chi connectivity index (χ1) is 13.7. The highest BCUT2D eigenvalue weighted by molar-refractivity contribution is 7.10. The van der Waals surface area contributed by atoms with Crippen LogP contribution in [-0.2, 0) is 0 Å². The van der Waals surface area contributed by atoms with E-state index in [2.05, 4.69) is 22.9 Å². The maximum atomic E-state index is 12.3. The molecule has 2 heterocycles. The summed E-state index contributed by atoms with van der Waals surface area (Å²) in [5.74, 6) is 1.38. The van der Waals surface area contributed by atoms with E-state index in [-0.39, 0.29) is 12.1 Å². The number of urea groups is 1. The lowest BCUT2D eigenvalue weighted by Gasteiger charge is -2.29. The van der Waals surface area contributed by atoms with Crippen LogP contribution in [0.25, 0.3) is 5.57 Å². The van der Waals surface area contributed by atoms with Crippen molar-refractivity contribution >= 4 is 22.9 Å². The van der Waals surface area contributed by atoms with Crippen LogP contribution in [-0.4, -0.2) is 18.1 Å². The van der Waals surface area contributed by atoms with Gasteiger partial charge in [0, 0.05) is 22.6 Å². The summed E-state index contributed by atoms with van der Waals surface area (Å²) in [6.45, 7) is 2.07. The Kier molecular flexibility index (Phi) is 5.67. The second kappa shape index (κ2) is 8.35. The van der Waals surface area contributed by atoms with Gasteiger partial charge in [0.1, 0.15) is 10.8 Å². The lowest BCUT2D eigenvalue weighted by Crippen LogP contribution is -2.43. The van der Waals surface area contributed by atoms with Crippen LogP contribution in [0.1, 0.15) is 73.7 Å². The lowest BCUT2D eigenvalue weighted by molar-refractivity contribution is 0.240. The van der Waals surface area contributed by atoms with Crippen LogP contribution in [0.15, 0.2) is 35.3 Å². The summed E-state index contributed by atoms with van der Waals surface area (Å²) in [5, 5.41) is 9.31. The molecule has 1 fully saturated rings. The van der Waals surface area contributed by atoms with Crippen LogP contribution in [0.2, 0.25) is 0 Å². The molecule has 6 heteroatoms. The minimum Gasteiger partial charge on any atom is -0.497 e. The van der Waals surface area contributed by atoms with E-state index in [0.717, 1.165) is 34.0 Å². The molecular formula is C22H27N3O2S. The molecule has 0 saturated heterocycles. The first-order valence-electron chi connectivity index (χ1n) is 10.1. The van der Waals surface area contributed by atoms with Gasteiger partial charge in [0.15, 0.2) is 0 Å². The molecule has 0 spiro atoms. The fourth-order valence-electron chi connectivity index (χ4n) is 4.19. The summed E-state index contributed by atoms with van der Waals surface area (Å²) in [4.78, 5) is 17.3.